The number of nitrogens with zero attached hydrogens (tertiary/aromatic N) is 1. The lowest BCUT2D eigenvalue weighted by Crippen LogP contribution is -2.39. The Morgan fingerprint density at radius 1 is 1.42 bits per heavy atom. The van der Waals surface area contributed by atoms with Crippen LogP contribution in [0.2, 0.25) is 0 Å². The summed E-state index contributed by atoms with van der Waals surface area (Å²) < 4.78 is 5.39. The zero-order chi connectivity index (χ0) is 13.7. The zero-order valence-electron chi connectivity index (χ0n) is 11.6. The third-order valence-electron chi connectivity index (χ3n) is 3.50. The molecule has 4 nitrogen and oxygen atoms in total. The van der Waals surface area contributed by atoms with Crippen molar-refractivity contribution in [2.24, 2.45) is 0 Å². The molecule has 2 atom stereocenters. The molecular weight excluding hydrogens is 240 g/mol. The van der Waals surface area contributed by atoms with Gasteiger partial charge >= 0.3 is 0 Å². The van der Waals surface area contributed by atoms with Crippen molar-refractivity contribution in [3.05, 3.63) is 35.9 Å². The first kappa shape index (κ1) is 14.0. The second-order valence-corrected chi connectivity index (χ2v) is 5.14. The molecule has 0 aliphatic carbocycles. The minimum atomic E-state index is -0.251. The van der Waals surface area contributed by atoms with Gasteiger partial charge in [-0.2, -0.15) is 0 Å². The Hall–Kier alpha value is -1.39. The molecule has 0 radical (unpaired) electrons. The van der Waals surface area contributed by atoms with Gasteiger partial charge in [0.2, 0.25) is 5.91 Å². The van der Waals surface area contributed by atoms with Crippen LogP contribution in [-0.2, 0) is 9.53 Å². The smallest absolute Gasteiger partial charge is 0.249 e. The van der Waals surface area contributed by atoms with E-state index < -0.39 is 0 Å². The molecule has 2 rings (SSSR count). The fourth-order valence-electron chi connectivity index (χ4n) is 2.37. The maximum absolute atomic E-state index is 11.9. The molecule has 1 fully saturated rings. The number of carbonyl (C=O) groups is 1. The van der Waals surface area contributed by atoms with E-state index in [9.17, 15) is 4.79 Å². The van der Waals surface area contributed by atoms with Crippen molar-refractivity contribution in [3.8, 4) is 0 Å². The van der Waals surface area contributed by atoms with Crippen molar-refractivity contribution in [1.82, 2.24) is 10.2 Å². The van der Waals surface area contributed by atoms with Crippen LogP contribution in [0, 0.1) is 0 Å². The van der Waals surface area contributed by atoms with E-state index in [2.05, 4.69) is 22.3 Å². The minimum absolute atomic E-state index is 0.0141. The molecule has 0 bridgehead atoms. The van der Waals surface area contributed by atoms with Crippen molar-refractivity contribution in [1.29, 1.82) is 0 Å². The fraction of sp³-hybridized carbons (Fsp3) is 0.533. The standard InChI is InChI=1S/C15H22N2O2/c1-17(2)13(12-7-4-3-5-8-12)11-16-15(18)14-9-6-10-19-14/h3-5,7-8,13-14H,6,9-11H2,1-2H3,(H,16,18)/t13-,14+/m1/s1. The highest BCUT2D eigenvalue weighted by atomic mass is 16.5. The van der Waals surface area contributed by atoms with E-state index >= 15 is 0 Å². The monoisotopic (exact) mass is 262 g/mol. The first-order chi connectivity index (χ1) is 9.18. The second-order valence-electron chi connectivity index (χ2n) is 5.14. The Labute approximate surface area is 114 Å². The third-order valence-corrected chi connectivity index (χ3v) is 3.50. The molecule has 1 heterocycles. The molecule has 0 unspecified atom stereocenters. The number of ether oxygens (including phenoxy) is 1. The lowest BCUT2D eigenvalue weighted by molar-refractivity contribution is -0.130. The lowest BCUT2D eigenvalue weighted by Gasteiger charge is -2.25. The molecule has 1 aliphatic rings. The highest BCUT2D eigenvalue weighted by Gasteiger charge is 2.24. The molecular formula is C15H22N2O2. The molecule has 19 heavy (non-hydrogen) atoms. The quantitative estimate of drug-likeness (QED) is 0.876. The van der Waals surface area contributed by atoms with Crippen LogP contribution < -0.4 is 5.32 Å². The molecule has 1 amide bonds. The maximum Gasteiger partial charge on any atom is 0.249 e. The van der Waals surface area contributed by atoms with Crippen molar-refractivity contribution in [3.63, 3.8) is 0 Å². The Morgan fingerprint density at radius 2 is 2.16 bits per heavy atom. The summed E-state index contributed by atoms with van der Waals surface area (Å²) in [4.78, 5) is 14.1. The highest BCUT2D eigenvalue weighted by Crippen LogP contribution is 2.17. The van der Waals surface area contributed by atoms with Gasteiger partial charge in [0.1, 0.15) is 6.10 Å². The van der Waals surface area contributed by atoms with Gasteiger partial charge in [-0.1, -0.05) is 30.3 Å². The van der Waals surface area contributed by atoms with E-state index in [1.54, 1.807) is 0 Å². The van der Waals surface area contributed by atoms with E-state index in [1.165, 1.54) is 5.56 Å². The Bertz CT molecular complexity index is 400. The number of benzene rings is 1. The van der Waals surface area contributed by atoms with Crippen molar-refractivity contribution in [2.45, 2.75) is 25.0 Å². The van der Waals surface area contributed by atoms with Crippen LogP contribution in [0.5, 0.6) is 0 Å². The molecule has 0 spiro atoms. The predicted octanol–water partition coefficient (Wildman–Crippen LogP) is 1.58. The fourth-order valence-corrected chi connectivity index (χ4v) is 2.37. The van der Waals surface area contributed by atoms with Gasteiger partial charge in [-0.25, -0.2) is 0 Å². The largest absolute Gasteiger partial charge is 0.368 e. The Kier molecular flexibility index (Phi) is 4.93. The summed E-state index contributed by atoms with van der Waals surface area (Å²) in [5, 5.41) is 3.00. The maximum atomic E-state index is 11.9. The van der Waals surface area contributed by atoms with Gasteiger partial charge in [-0.3, -0.25) is 4.79 Å². The first-order valence-corrected chi connectivity index (χ1v) is 6.79. The Morgan fingerprint density at radius 3 is 2.74 bits per heavy atom. The number of hydrogen-bond donors (Lipinski definition) is 1. The predicted molar refractivity (Wildman–Crippen MR) is 74.9 cm³/mol. The van der Waals surface area contributed by atoms with Gasteiger partial charge in [0, 0.05) is 13.2 Å². The second kappa shape index (κ2) is 6.68. The minimum Gasteiger partial charge on any atom is -0.368 e. The van der Waals surface area contributed by atoms with Gasteiger partial charge < -0.3 is 15.0 Å². The van der Waals surface area contributed by atoms with Crippen LogP contribution in [0.4, 0.5) is 0 Å². The molecule has 4 heteroatoms. The van der Waals surface area contributed by atoms with Crippen LogP contribution >= 0.6 is 0 Å². The van der Waals surface area contributed by atoms with E-state index in [1.807, 2.05) is 32.3 Å². The summed E-state index contributed by atoms with van der Waals surface area (Å²) >= 11 is 0. The molecule has 0 aromatic heterocycles. The van der Waals surface area contributed by atoms with Crippen LogP contribution in [0.3, 0.4) is 0 Å². The number of nitrogens with one attached hydrogen (secondary N) is 1. The third kappa shape index (κ3) is 3.78. The number of amides is 1. The van der Waals surface area contributed by atoms with Crippen LogP contribution in [0.15, 0.2) is 30.3 Å². The van der Waals surface area contributed by atoms with Gasteiger partial charge in [-0.05, 0) is 32.5 Å². The van der Waals surface area contributed by atoms with Gasteiger partial charge in [0.25, 0.3) is 0 Å². The van der Waals surface area contributed by atoms with E-state index in [-0.39, 0.29) is 18.1 Å². The molecule has 1 aliphatic heterocycles. The number of likely N-dealkylation sites (N-methyl/N-ethyl adjacent to an activating group) is 1. The topological polar surface area (TPSA) is 41.6 Å². The first-order valence-electron chi connectivity index (χ1n) is 6.79. The molecule has 0 saturated carbocycles. The van der Waals surface area contributed by atoms with Gasteiger partial charge in [0.15, 0.2) is 0 Å². The summed E-state index contributed by atoms with van der Waals surface area (Å²) in [5.74, 6) is 0.0141. The molecule has 1 saturated heterocycles. The zero-order valence-corrected chi connectivity index (χ0v) is 11.6. The van der Waals surface area contributed by atoms with Crippen LogP contribution in [-0.4, -0.2) is 44.2 Å². The van der Waals surface area contributed by atoms with Crippen molar-refractivity contribution in [2.75, 3.05) is 27.2 Å². The molecule has 1 aromatic carbocycles. The van der Waals surface area contributed by atoms with E-state index in [4.69, 9.17) is 4.74 Å². The summed E-state index contributed by atoms with van der Waals surface area (Å²) in [6.45, 7) is 1.31. The van der Waals surface area contributed by atoms with Crippen LogP contribution in [0.25, 0.3) is 0 Å². The normalized spacial score (nSPS) is 20.5. The van der Waals surface area contributed by atoms with Crippen LogP contribution in [0.1, 0.15) is 24.4 Å². The van der Waals surface area contributed by atoms with Crippen molar-refractivity contribution < 1.29 is 9.53 Å². The van der Waals surface area contributed by atoms with E-state index in [0.717, 1.165) is 12.8 Å². The number of rotatable bonds is 5. The van der Waals surface area contributed by atoms with Crippen molar-refractivity contribution >= 4 is 5.91 Å². The molecule has 1 N–H and O–H groups in total. The van der Waals surface area contributed by atoms with Gasteiger partial charge in [-0.15, -0.1) is 0 Å². The average Bonchev–Trinajstić information content (AvgIpc) is 2.93. The lowest BCUT2D eigenvalue weighted by atomic mass is 10.1. The summed E-state index contributed by atoms with van der Waals surface area (Å²) in [6, 6.07) is 10.4. The SMILES string of the molecule is CN(C)[C@H](CNC(=O)[C@@H]1CCCO1)c1ccccc1. The number of carbonyl (C=O) groups excluding carboxylic acids is 1. The average molecular weight is 262 g/mol. The van der Waals surface area contributed by atoms with Gasteiger partial charge in [0.05, 0.1) is 6.04 Å². The summed E-state index contributed by atoms with van der Waals surface area (Å²) in [6.07, 6.45) is 1.57. The summed E-state index contributed by atoms with van der Waals surface area (Å²) in [5.41, 5.74) is 1.21. The van der Waals surface area contributed by atoms with E-state index in [0.29, 0.717) is 13.2 Å². The molecule has 104 valence electrons. The number of hydrogen-bond acceptors (Lipinski definition) is 3. The summed E-state index contributed by atoms with van der Waals surface area (Å²) in [7, 11) is 4.05. The molecule has 1 aromatic rings. The highest BCUT2D eigenvalue weighted by molar-refractivity contribution is 5.81. The Balaban J connectivity index is 1.92.